The number of aromatic carboxylic acids is 2. The molecule has 0 bridgehead atoms. The maximum absolute atomic E-state index is 11.4. The van der Waals surface area contributed by atoms with E-state index < -0.39 is 17.9 Å². The first kappa shape index (κ1) is 19.5. The van der Waals surface area contributed by atoms with Crippen LogP contribution in [0.2, 0.25) is 0 Å². The summed E-state index contributed by atoms with van der Waals surface area (Å²) in [6, 6.07) is 8.18. The number of esters is 1. The van der Waals surface area contributed by atoms with Crippen molar-refractivity contribution in [1.82, 2.24) is 0 Å². The van der Waals surface area contributed by atoms with Crippen molar-refractivity contribution in [2.45, 2.75) is 31.4 Å². The molecule has 0 saturated carbocycles. The maximum atomic E-state index is 11.4. The minimum absolute atomic E-state index is 0.0651. The topological polar surface area (TPSA) is 101 Å². The molecule has 0 aliphatic carbocycles. The van der Waals surface area contributed by atoms with Crippen molar-refractivity contribution in [2.24, 2.45) is 0 Å². The summed E-state index contributed by atoms with van der Waals surface area (Å²) in [4.78, 5) is 34.7. The van der Waals surface area contributed by atoms with Crippen LogP contribution in [0.15, 0.2) is 35.2 Å². The summed E-state index contributed by atoms with van der Waals surface area (Å²) in [7, 11) is 0. The van der Waals surface area contributed by atoms with E-state index in [1.54, 1.807) is 26.0 Å². The molecular weight excluding hydrogens is 356 g/mol. The molecule has 2 aromatic carbocycles. The normalized spacial score (nSPS) is 10.4. The quantitative estimate of drug-likeness (QED) is 0.449. The highest BCUT2D eigenvalue weighted by Crippen LogP contribution is 2.31. The van der Waals surface area contributed by atoms with Crippen molar-refractivity contribution in [1.29, 1.82) is 0 Å². The van der Waals surface area contributed by atoms with Crippen LogP contribution in [0.3, 0.4) is 0 Å². The summed E-state index contributed by atoms with van der Waals surface area (Å²) in [6.07, 6.45) is 0. The van der Waals surface area contributed by atoms with Gasteiger partial charge in [0.1, 0.15) is 5.75 Å². The number of carboxylic acid groups (broad SMARTS) is 2. The highest BCUT2D eigenvalue weighted by molar-refractivity contribution is 7.98. The fraction of sp³-hybridized carbons (Fsp3) is 0.211. The van der Waals surface area contributed by atoms with E-state index in [-0.39, 0.29) is 16.9 Å². The lowest BCUT2D eigenvalue weighted by Crippen LogP contribution is -2.08. The lowest BCUT2D eigenvalue weighted by molar-refractivity contribution is -0.131. The Balaban J connectivity index is 2.34. The van der Waals surface area contributed by atoms with E-state index in [2.05, 4.69) is 0 Å². The lowest BCUT2D eigenvalue weighted by atomic mass is 10.0. The van der Waals surface area contributed by atoms with E-state index in [1.165, 1.54) is 30.8 Å². The Labute approximate surface area is 154 Å². The number of carbonyl (C=O) groups excluding carboxylic acids is 1. The number of carboxylic acids is 2. The smallest absolute Gasteiger partial charge is 0.336 e. The van der Waals surface area contributed by atoms with Crippen LogP contribution in [0.1, 0.15) is 44.3 Å². The standard InChI is InChI=1S/C19H18O6S/c1-10-15(19(23)24)7-13(8-16(10)25-12(3)20)9-26-17-6-4-5-14(11(17)2)18(21)22/h4-8H,9H2,1-3H3,(H,21,22)(H,23,24). The second-order valence-corrected chi connectivity index (χ2v) is 6.71. The van der Waals surface area contributed by atoms with Crippen LogP contribution in [0, 0.1) is 13.8 Å². The minimum atomic E-state index is -1.10. The Morgan fingerprint density at radius 3 is 2.23 bits per heavy atom. The van der Waals surface area contributed by atoms with Crippen LogP contribution < -0.4 is 4.74 Å². The fourth-order valence-corrected chi connectivity index (χ4v) is 3.46. The molecule has 0 unspecified atom stereocenters. The van der Waals surface area contributed by atoms with Crippen molar-refractivity contribution in [3.63, 3.8) is 0 Å². The third-order valence-corrected chi connectivity index (χ3v) is 5.04. The zero-order valence-corrected chi connectivity index (χ0v) is 15.3. The van der Waals surface area contributed by atoms with Gasteiger partial charge in [0.2, 0.25) is 0 Å². The molecule has 0 aliphatic rings. The third kappa shape index (κ3) is 4.43. The molecule has 0 heterocycles. The molecule has 0 amide bonds. The number of hydrogen-bond acceptors (Lipinski definition) is 5. The molecule has 7 heteroatoms. The van der Waals surface area contributed by atoms with E-state index >= 15 is 0 Å². The van der Waals surface area contributed by atoms with Crippen molar-refractivity contribution in [3.8, 4) is 5.75 Å². The Kier molecular flexibility index (Phi) is 6.05. The SMILES string of the molecule is CC(=O)Oc1cc(CSc2cccc(C(=O)O)c2C)cc(C(=O)O)c1C. The molecule has 0 aromatic heterocycles. The molecule has 2 rings (SSSR count). The van der Waals surface area contributed by atoms with Crippen LogP contribution in [0.5, 0.6) is 5.75 Å². The predicted molar refractivity (Wildman–Crippen MR) is 97.1 cm³/mol. The molecule has 0 spiro atoms. The largest absolute Gasteiger partial charge is 0.478 e. The van der Waals surface area contributed by atoms with E-state index in [1.807, 2.05) is 6.07 Å². The summed E-state index contributed by atoms with van der Waals surface area (Å²) in [5.41, 5.74) is 1.98. The number of benzene rings is 2. The van der Waals surface area contributed by atoms with Crippen molar-refractivity contribution in [3.05, 3.63) is 58.1 Å². The molecule has 6 nitrogen and oxygen atoms in total. The Hall–Kier alpha value is -2.80. The van der Waals surface area contributed by atoms with Gasteiger partial charge in [0.15, 0.2) is 0 Å². The van der Waals surface area contributed by atoms with Crippen LogP contribution in [0.4, 0.5) is 0 Å². The van der Waals surface area contributed by atoms with Gasteiger partial charge in [-0.15, -0.1) is 11.8 Å². The Morgan fingerprint density at radius 2 is 1.65 bits per heavy atom. The van der Waals surface area contributed by atoms with Gasteiger partial charge in [-0.1, -0.05) is 6.07 Å². The van der Waals surface area contributed by atoms with Gasteiger partial charge in [-0.05, 0) is 49.2 Å². The van der Waals surface area contributed by atoms with Gasteiger partial charge in [0.05, 0.1) is 11.1 Å². The summed E-state index contributed by atoms with van der Waals surface area (Å²) >= 11 is 1.39. The minimum Gasteiger partial charge on any atom is -0.478 e. The number of carbonyl (C=O) groups is 3. The second-order valence-electron chi connectivity index (χ2n) is 5.69. The molecule has 0 fully saturated rings. The molecule has 0 radical (unpaired) electrons. The first-order valence-corrected chi connectivity index (χ1v) is 8.70. The van der Waals surface area contributed by atoms with Crippen LogP contribution in [-0.2, 0) is 10.5 Å². The average Bonchev–Trinajstić information content (AvgIpc) is 2.55. The van der Waals surface area contributed by atoms with Gasteiger partial charge in [-0.3, -0.25) is 4.79 Å². The molecule has 2 aromatic rings. The molecule has 26 heavy (non-hydrogen) atoms. The zero-order valence-electron chi connectivity index (χ0n) is 14.5. The average molecular weight is 374 g/mol. The monoisotopic (exact) mass is 374 g/mol. The van der Waals surface area contributed by atoms with Gasteiger partial charge in [-0.25, -0.2) is 9.59 Å². The van der Waals surface area contributed by atoms with Gasteiger partial charge in [0, 0.05) is 23.1 Å². The lowest BCUT2D eigenvalue weighted by Gasteiger charge is -2.12. The molecule has 0 aliphatic heterocycles. The number of hydrogen-bond donors (Lipinski definition) is 2. The summed E-state index contributed by atoms with van der Waals surface area (Å²) in [5.74, 6) is -2.01. The van der Waals surface area contributed by atoms with Crippen LogP contribution in [-0.4, -0.2) is 28.1 Å². The van der Waals surface area contributed by atoms with Gasteiger partial charge >= 0.3 is 17.9 Å². The van der Waals surface area contributed by atoms with Crippen molar-refractivity contribution in [2.75, 3.05) is 0 Å². The first-order valence-electron chi connectivity index (χ1n) is 7.71. The Morgan fingerprint density at radius 1 is 1.00 bits per heavy atom. The van der Waals surface area contributed by atoms with E-state index in [0.29, 0.717) is 22.4 Å². The first-order chi connectivity index (χ1) is 12.2. The van der Waals surface area contributed by atoms with Crippen molar-refractivity contribution >= 4 is 29.7 Å². The maximum Gasteiger partial charge on any atom is 0.336 e. The van der Waals surface area contributed by atoms with E-state index in [4.69, 9.17) is 4.74 Å². The predicted octanol–water partition coefficient (Wildman–Crippen LogP) is 3.92. The summed E-state index contributed by atoms with van der Waals surface area (Å²) in [5, 5.41) is 18.6. The molecular formula is C19H18O6S. The van der Waals surface area contributed by atoms with Gasteiger partial charge in [0.25, 0.3) is 0 Å². The molecule has 136 valence electrons. The van der Waals surface area contributed by atoms with E-state index in [9.17, 15) is 24.6 Å². The highest BCUT2D eigenvalue weighted by atomic mass is 32.2. The fourth-order valence-electron chi connectivity index (χ4n) is 2.47. The number of rotatable bonds is 6. The molecule has 0 atom stereocenters. The van der Waals surface area contributed by atoms with Crippen LogP contribution >= 0.6 is 11.8 Å². The summed E-state index contributed by atoms with van der Waals surface area (Å²) < 4.78 is 5.11. The second kappa shape index (κ2) is 8.05. The molecule has 0 saturated heterocycles. The Bertz CT molecular complexity index is 888. The van der Waals surface area contributed by atoms with Gasteiger partial charge < -0.3 is 14.9 Å². The van der Waals surface area contributed by atoms with Crippen molar-refractivity contribution < 1.29 is 29.3 Å². The van der Waals surface area contributed by atoms with E-state index in [0.717, 1.165) is 4.90 Å². The zero-order chi connectivity index (χ0) is 19.4. The summed E-state index contributed by atoms with van der Waals surface area (Å²) in [6.45, 7) is 4.56. The highest BCUT2D eigenvalue weighted by Gasteiger charge is 2.16. The number of ether oxygens (including phenoxy) is 1. The van der Waals surface area contributed by atoms with Gasteiger partial charge in [-0.2, -0.15) is 0 Å². The third-order valence-electron chi connectivity index (χ3n) is 3.81. The van der Waals surface area contributed by atoms with Crippen LogP contribution in [0.25, 0.3) is 0 Å². The molecule has 2 N–H and O–H groups in total. The number of thioether (sulfide) groups is 1.